The lowest BCUT2D eigenvalue weighted by Gasteiger charge is -2.59. The van der Waals surface area contributed by atoms with Crippen LogP contribution >= 0.6 is 0 Å². The predicted molar refractivity (Wildman–Crippen MR) is 119 cm³/mol. The van der Waals surface area contributed by atoms with Crippen LogP contribution in [0.3, 0.4) is 0 Å². The van der Waals surface area contributed by atoms with Crippen LogP contribution in [0.4, 0.5) is 0 Å². The van der Waals surface area contributed by atoms with Gasteiger partial charge in [0.15, 0.2) is 5.69 Å². The second kappa shape index (κ2) is 7.38. The van der Waals surface area contributed by atoms with E-state index in [9.17, 15) is 4.79 Å². The van der Waals surface area contributed by atoms with Gasteiger partial charge in [0.2, 0.25) is 0 Å². The fourth-order valence-electron chi connectivity index (χ4n) is 8.56. The summed E-state index contributed by atoms with van der Waals surface area (Å²) in [6.45, 7) is 2.30. The highest BCUT2D eigenvalue weighted by atomic mass is 16.2. The smallest absolute Gasteiger partial charge is 0.272 e. The van der Waals surface area contributed by atoms with Gasteiger partial charge in [-0.15, -0.1) is 0 Å². The monoisotopic (exact) mass is 409 g/mol. The molecule has 0 spiro atoms. The lowest BCUT2D eigenvalue weighted by atomic mass is 9.48. The van der Waals surface area contributed by atoms with E-state index in [1.807, 2.05) is 0 Å². The zero-order valence-electron chi connectivity index (χ0n) is 18.8. The number of aromatic nitrogens is 2. The first-order chi connectivity index (χ1) is 14.6. The Hall–Kier alpha value is -1.32. The molecule has 5 fully saturated rings. The van der Waals surface area contributed by atoms with Crippen molar-refractivity contribution >= 4 is 5.91 Å². The summed E-state index contributed by atoms with van der Waals surface area (Å²) in [5, 5.41) is 8.53. The summed E-state index contributed by atoms with van der Waals surface area (Å²) >= 11 is 0. The first-order valence-electron chi connectivity index (χ1n) is 13.0. The third kappa shape index (κ3) is 3.15. The quantitative estimate of drug-likeness (QED) is 0.658. The molecule has 1 N–H and O–H groups in total. The van der Waals surface area contributed by atoms with Gasteiger partial charge in [0.1, 0.15) is 0 Å². The summed E-state index contributed by atoms with van der Waals surface area (Å²) in [7, 11) is 0. The molecular formula is C26H39N3O. The number of fused-ring (bicyclic) bond motifs is 1. The topological polar surface area (TPSA) is 46.9 Å². The van der Waals surface area contributed by atoms with E-state index in [0.717, 1.165) is 36.3 Å². The van der Waals surface area contributed by atoms with Crippen molar-refractivity contribution in [2.24, 2.45) is 23.2 Å². The summed E-state index contributed by atoms with van der Waals surface area (Å²) in [6.07, 6.45) is 19.4. The standard InChI is InChI=1S/C26H39N3O/c1-17(26-14-18-11-19(15-26)13-20(12-18)16-26)27-25(30)24-22-9-3-2-4-10-23(22)29(28-24)21-7-5-6-8-21/h17-21H,2-16H2,1H3,(H,27,30). The highest BCUT2D eigenvalue weighted by Crippen LogP contribution is 2.61. The van der Waals surface area contributed by atoms with Crippen LogP contribution in [-0.4, -0.2) is 21.7 Å². The number of nitrogens with one attached hydrogen (secondary N) is 1. The molecule has 1 amide bonds. The molecule has 5 saturated carbocycles. The molecule has 0 radical (unpaired) electrons. The van der Waals surface area contributed by atoms with Crippen molar-refractivity contribution in [1.82, 2.24) is 15.1 Å². The number of rotatable bonds is 4. The molecule has 1 aromatic heterocycles. The summed E-state index contributed by atoms with van der Waals surface area (Å²) in [6, 6.07) is 0.801. The summed E-state index contributed by atoms with van der Waals surface area (Å²) in [5.41, 5.74) is 3.81. The van der Waals surface area contributed by atoms with Crippen LogP contribution in [0.2, 0.25) is 0 Å². The fourth-order valence-corrected chi connectivity index (χ4v) is 8.56. The first kappa shape index (κ1) is 19.4. The van der Waals surface area contributed by atoms with Gasteiger partial charge in [-0.3, -0.25) is 9.48 Å². The van der Waals surface area contributed by atoms with Gasteiger partial charge >= 0.3 is 0 Å². The van der Waals surface area contributed by atoms with Crippen molar-refractivity contribution < 1.29 is 4.79 Å². The lowest BCUT2D eigenvalue weighted by Crippen LogP contribution is -2.55. The third-order valence-electron chi connectivity index (χ3n) is 9.70. The molecule has 1 atom stereocenters. The molecule has 0 aliphatic heterocycles. The van der Waals surface area contributed by atoms with E-state index < -0.39 is 0 Å². The fraction of sp³-hybridized carbons (Fsp3) is 0.846. The van der Waals surface area contributed by atoms with Gasteiger partial charge in [-0.25, -0.2) is 0 Å². The van der Waals surface area contributed by atoms with Gasteiger partial charge in [0.25, 0.3) is 5.91 Å². The molecule has 6 aliphatic rings. The number of carbonyl (C=O) groups excluding carboxylic acids is 1. The van der Waals surface area contributed by atoms with Crippen molar-refractivity contribution in [1.29, 1.82) is 0 Å². The minimum atomic E-state index is 0.119. The lowest BCUT2D eigenvalue weighted by molar-refractivity contribution is -0.0688. The molecule has 0 saturated heterocycles. The second-order valence-electron chi connectivity index (χ2n) is 11.7. The van der Waals surface area contributed by atoms with Crippen molar-refractivity contribution in [2.45, 2.75) is 115 Å². The SMILES string of the molecule is CC(NC(=O)c1nn(C2CCCC2)c2c1CCCCC2)C12CC3CC(CC(C3)C1)C2. The molecule has 1 unspecified atom stereocenters. The van der Waals surface area contributed by atoms with E-state index in [2.05, 4.69) is 16.9 Å². The number of nitrogens with zero attached hydrogens (tertiary/aromatic N) is 2. The molecule has 164 valence electrons. The Kier molecular flexibility index (Phi) is 4.76. The van der Waals surface area contributed by atoms with Gasteiger partial charge < -0.3 is 5.32 Å². The molecule has 0 aromatic carbocycles. The van der Waals surface area contributed by atoms with E-state index in [-0.39, 0.29) is 11.9 Å². The van der Waals surface area contributed by atoms with Gasteiger partial charge in [-0.1, -0.05) is 19.3 Å². The Morgan fingerprint density at radius 2 is 1.60 bits per heavy atom. The van der Waals surface area contributed by atoms with Crippen LogP contribution in [0.25, 0.3) is 0 Å². The maximum atomic E-state index is 13.6. The maximum Gasteiger partial charge on any atom is 0.272 e. The maximum absolute atomic E-state index is 13.6. The minimum absolute atomic E-state index is 0.119. The number of amides is 1. The van der Waals surface area contributed by atoms with E-state index in [1.54, 1.807) is 0 Å². The predicted octanol–water partition coefficient (Wildman–Crippen LogP) is 5.60. The van der Waals surface area contributed by atoms with Gasteiger partial charge in [-0.05, 0) is 107 Å². The van der Waals surface area contributed by atoms with Crippen LogP contribution in [0.1, 0.15) is 118 Å². The van der Waals surface area contributed by atoms with Crippen molar-refractivity contribution in [2.75, 3.05) is 0 Å². The van der Waals surface area contributed by atoms with Crippen molar-refractivity contribution in [3.8, 4) is 0 Å². The summed E-state index contributed by atoms with van der Waals surface area (Å²) in [5.74, 6) is 2.89. The Labute approximate surface area is 181 Å². The molecule has 30 heavy (non-hydrogen) atoms. The Balaban J connectivity index is 1.26. The molecular weight excluding hydrogens is 370 g/mol. The Bertz CT molecular complexity index is 783. The highest BCUT2D eigenvalue weighted by molar-refractivity contribution is 5.94. The van der Waals surface area contributed by atoms with E-state index in [4.69, 9.17) is 5.10 Å². The number of hydrogen-bond donors (Lipinski definition) is 1. The van der Waals surface area contributed by atoms with Crippen LogP contribution in [0, 0.1) is 23.2 Å². The summed E-state index contributed by atoms with van der Waals surface area (Å²) in [4.78, 5) is 13.6. The average molecular weight is 410 g/mol. The second-order valence-corrected chi connectivity index (χ2v) is 11.7. The van der Waals surface area contributed by atoms with Gasteiger partial charge in [0.05, 0.1) is 6.04 Å². The van der Waals surface area contributed by atoms with E-state index >= 15 is 0 Å². The molecule has 4 heteroatoms. The number of carbonyl (C=O) groups is 1. The largest absolute Gasteiger partial charge is 0.348 e. The van der Waals surface area contributed by atoms with Gasteiger partial charge in [-0.2, -0.15) is 5.10 Å². The van der Waals surface area contributed by atoms with Crippen molar-refractivity contribution in [3.05, 3.63) is 17.0 Å². The van der Waals surface area contributed by atoms with Gasteiger partial charge in [0, 0.05) is 17.3 Å². The third-order valence-corrected chi connectivity index (χ3v) is 9.70. The zero-order chi connectivity index (χ0) is 20.3. The highest BCUT2D eigenvalue weighted by Gasteiger charge is 2.53. The minimum Gasteiger partial charge on any atom is -0.348 e. The molecule has 1 aromatic rings. The average Bonchev–Trinajstić information content (AvgIpc) is 3.29. The van der Waals surface area contributed by atoms with Crippen molar-refractivity contribution in [3.63, 3.8) is 0 Å². The molecule has 4 nitrogen and oxygen atoms in total. The van der Waals surface area contributed by atoms with E-state index in [0.29, 0.717) is 11.5 Å². The van der Waals surface area contributed by atoms with Crippen LogP contribution in [0.15, 0.2) is 0 Å². The molecule has 1 heterocycles. The molecule has 4 bridgehead atoms. The first-order valence-corrected chi connectivity index (χ1v) is 13.0. The zero-order valence-corrected chi connectivity index (χ0v) is 18.8. The Morgan fingerprint density at radius 3 is 2.27 bits per heavy atom. The summed E-state index contributed by atoms with van der Waals surface area (Å²) < 4.78 is 2.30. The van der Waals surface area contributed by atoms with Crippen LogP contribution in [0.5, 0.6) is 0 Å². The molecule has 6 aliphatic carbocycles. The van der Waals surface area contributed by atoms with Crippen LogP contribution in [-0.2, 0) is 12.8 Å². The van der Waals surface area contributed by atoms with E-state index in [1.165, 1.54) is 94.7 Å². The molecule has 7 rings (SSSR count). The normalized spacial score (nSPS) is 36.5. The number of hydrogen-bond acceptors (Lipinski definition) is 2. The van der Waals surface area contributed by atoms with Crippen LogP contribution < -0.4 is 5.32 Å². The Morgan fingerprint density at radius 1 is 0.967 bits per heavy atom.